The summed E-state index contributed by atoms with van der Waals surface area (Å²) in [4.78, 5) is 11.5. The summed E-state index contributed by atoms with van der Waals surface area (Å²) in [7, 11) is 0. The van der Waals surface area contributed by atoms with Crippen LogP contribution in [0.5, 0.6) is 5.75 Å². The van der Waals surface area contributed by atoms with Crippen molar-refractivity contribution in [3.8, 4) is 16.9 Å². The zero-order chi connectivity index (χ0) is 16.9. The van der Waals surface area contributed by atoms with E-state index in [4.69, 9.17) is 4.74 Å². The number of carboxylic acids is 1. The molecule has 0 aromatic heterocycles. The Kier molecular flexibility index (Phi) is 4.62. The van der Waals surface area contributed by atoms with Gasteiger partial charge in [0.05, 0.1) is 0 Å². The average Bonchev–Trinajstić information content (AvgIpc) is 2.61. The van der Waals surface area contributed by atoms with Crippen molar-refractivity contribution < 1.29 is 14.6 Å². The van der Waals surface area contributed by atoms with Crippen molar-refractivity contribution in [1.82, 2.24) is 0 Å². The summed E-state index contributed by atoms with van der Waals surface area (Å²) in [6.07, 6.45) is -1.02. The van der Waals surface area contributed by atoms with Gasteiger partial charge in [0.25, 0.3) is 0 Å². The largest absolute Gasteiger partial charge is 0.478 e. The second-order valence-electron chi connectivity index (χ2n) is 5.64. The number of carbonyl (C=O) groups is 1. The molecule has 1 unspecified atom stereocenters. The minimum Gasteiger partial charge on any atom is -0.478 e. The number of benzene rings is 3. The summed E-state index contributed by atoms with van der Waals surface area (Å²) in [5, 5.41) is 9.42. The summed E-state index contributed by atoms with van der Waals surface area (Å²) in [6.45, 7) is 2.05. The predicted octanol–water partition coefficient (Wildman–Crippen LogP) is 4.87. The van der Waals surface area contributed by atoms with Crippen LogP contribution in [0, 0.1) is 6.92 Å². The maximum absolute atomic E-state index is 11.5. The Morgan fingerprint density at radius 3 is 1.92 bits per heavy atom. The second kappa shape index (κ2) is 7.01. The molecule has 120 valence electrons. The van der Waals surface area contributed by atoms with Crippen molar-refractivity contribution >= 4 is 5.97 Å². The van der Waals surface area contributed by atoms with Gasteiger partial charge in [-0.25, -0.2) is 4.79 Å². The number of ether oxygens (including phenoxy) is 1. The minimum atomic E-state index is -1.02. The lowest BCUT2D eigenvalue weighted by atomic mass is 10.0. The van der Waals surface area contributed by atoms with Crippen molar-refractivity contribution in [2.45, 2.75) is 13.0 Å². The molecule has 0 radical (unpaired) electrons. The first-order valence-corrected chi connectivity index (χ1v) is 7.75. The van der Waals surface area contributed by atoms with Gasteiger partial charge in [0.2, 0.25) is 6.10 Å². The molecule has 3 rings (SSSR count). The number of hydrogen-bond acceptors (Lipinski definition) is 2. The highest BCUT2D eigenvalue weighted by atomic mass is 16.5. The van der Waals surface area contributed by atoms with Gasteiger partial charge in [-0.1, -0.05) is 72.3 Å². The van der Waals surface area contributed by atoms with Crippen LogP contribution in [0.2, 0.25) is 0 Å². The van der Waals surface area contributed by atoms with Crippen LogP contribution in [-0.2, 0) is 4.79 Å². The molecule has 0 amide bonds. The minimum absolute atomic E-state index is 0.530. The Bertz CT molecular complexity index is 806. The van der Waals surface area contributed by atoms with Gasteiger partial charge in [-0.15, -0.1) is 0 Å². The molecule has 0 heterocycles. The number of hydrogen-bond donors (Lipinski definition) is 1. The Morgan fingerprint density at radius 1 is 0.833 bits per heavy atom. The van der Waals surface area contributed by atoms with Gasteiger partial charge in [0.1, 0.15) is 5.75 Å². The molecule has 0 aliphatic carbocycles. The molecular formula is C21H18O3. The molecule has 3 aromatic carbocycles. The molecule has 0 aliphatic heterocycles. The van der Waals surface area contributed by atoms with Gasteiger partial charge < -0.3 is 9.84 Å². The molecule has 0 fully saturated rings. The molecule has 1 atom stereocenters. The molecular weight excluding hydrogens is 300 g/mol. The maximum atomic E-state index is 11.5. The van der Waals surface area contributed by atoms with E-state index in [-0.39, 0.29) is 0 Å². The van der Waals surface area contributed by atoms with Crippen molar-refractivity contribution in [3.05, 3.63) is 90.0 Å². The van der Waals surface area contributed by atoms with Gasteiger partial charge in [-0.05, 0) is 30.2 Å². The van der Waals surface area contributed by atoms with Gasteiger partial charge in [0.15, 0.2) is 0 Å². The summed E-state index contributed by atoms with van der Waals surface area (Å²) in [5.74, 6) is -0.481. The van der Waals surface area contributed by atoms with Crippen LogP contribution in [0.15, 0.2) is 78.9 Å². The lowest BCUT2D eigenvalue weighted by molar-refractivity contribution is -0.145. The molecule has 0 spiro atoms. The van der Waals surface area contributed by atoms with E-state index in [1.54, 1.807) is 36.4 Å². The quantitative estimate of drug-likeness (QED) is 0.730. The highest BCUT2D eigenvalue weighted by molar-refractivity contribution is 5.75. The molecule has 0 aliphatic rings. The van der Waals surface area contributed by atoms with E-state index in [1.807, 2.05) is 18.2 Å². The summed E-state index contributed by atoms with van der Waals surface area (Å²) >= 11 is 0. The number of carboxylic acid groups (broad SMARTS) is 1. The first kappa shape index (κ1) is 15.8. The van der Waals surface area contributed by atoms with Crippen LogP contribution < -0.4 is 4.74 Å². The van der Waals surface area contributed by atoms with Gasteiger partial charge in [-0.3, -0.25) is 0 Å². The van der Waals surface area contributed by atoms with E-state index in [0.29, 0.717) is 11.3 Å². The third-order valence-corrected chi connectivity index (χ3v) is 3.82. The lowest BCUT2D eigenvalue weighted by Gasteiger charge is -2.15. The van der Waals surface area contributed by atoms with E-state index in [1.165, 1.54) is 5.56 Å². The number of aryl methyl sites for hydroxylation is 1. The van der Waals surface area contributed by atoms with E-state index in [0.717, 1.165) is 11.1 Å². The smallest absolute Gasteiger partial charge is 0.349 e. The summed E-state index contributed by atoms with van der Waals surface area (Å²) in [6, 6.07) is 24.7. The molecule has 3 nitrogen and oxygen atoms in total. The van der Waals surface area contributed by atoms with Crippen molar-refractivity contribution in [1.29, 1.82) is 0 Å². The predicted molar refractivity (Wildman–Crippen MR) is 94.1 cm³/mol. The van der Waals surface area contributed by atoms with Crippen LogP contribution in [-0.4, -0.2) is 11.1 Å². The van der Waals surface area contributed by atoms with E-state index >= 15 is 0 Å². The summed E-state index contributed by atoms with van der Waals surface area (Å²) < 4.78 is 5.67. The first-order chi connectivity index (χ1) is 11.6. The number of rotatable bonds is 5. The SMILES string of the molecule is Cc1ccc(-c2ccc(OC(C(=O)O)c3ccccc3)cc2)cc1. The summed E-state index contributed by atoms with van der Waals surface area (Å²) in [5.41, 5.74) is 4.01. The fourth-order valence-electron chi connectivity index (χ4n) is 2.50. The Morgan fingerprint density at radius 2 is 1.38 bits per heavy atom. The lowest BCUT2D eigenvalue weighted by Crippen LogP contribution is -2.18. The van der Waals surface area contributed by atoms with Gasteiger partial charge in [-0.2, -0.15) is 0 Å². The van der Waals surface area contributed by atoms with Crippen LogP contribution in [0.4, 0.5) is 0 Å². The van der Waals surface area contributed by atoms with E-state index < -0.39 is 12.1 Å². The maximum Gasteiger partial charge on any atom is 0.349 e. The molecule has 0 saturated heterocycles. The molecule has 3 aromatic rings. The Labute approximate surface area is 141 Å². The molecule has 3 heteroatoms. The van der Waals surface area contributed by atoms with Crippen LogP contribution in [0.1, 0.15) is 17.2 Å². The first-order valence-electron chi connectivity index (χ1n) is 7.75. The van der Waals surface area contributed by atoms with Crippen molar-refractivity contribution in [2.75, 3.05) is 0 Å². The second-order valence-corrected chi connectivity index (χ2v) is 5.64. The van der Waals surface area contributed by atoms with Crippen LogP contribution in [0.3, 0.4) is 0 Å². The van der Waals surface area contributed by atoms with Gasteiger partial charge >= 0.3 is 5.97 Å². The van der Waals surface area contributed by atoms with Crippen LogP contribution in [0.25, 0.3) is 11.1 Å². The number of aliphatic carboxylic acids is 1. The molecule has 0 saturated carbocycles. The van der Waals surface area contributed by atoms with Crippen molar-refractivity contribution in [2.24, 2.45) is 0 Å². The fraction of sp³-hybridized carbons (Fsp3) is 0.0952. The van der Waals surface area contributed by atoms with E-state index in [2.05, 4.69) is 31.2 Å². The Balaban J connectivity index is 1.80. The standard InChI is InChI=1S/C21H18O3/c1-15-7-9-16(10-8-15)17-11-13-19(14-12-17)24-20(21(22)23)18-5-3-2-4-6-18/h2-14,20H,1H3,(H,22,23). The van der Waals surface area contributed by atoms with Gasteiger partial charge in [0, 0.05) is 5.56 Å². The highest BCUT2D eigenvalue weighted by Crippen LogP contribution is 2.26. The highest BCUT2D eigenvalue weighted by Gasteiger charge is 2.21. The third kappa shape index (κ3) is 3.63. The normalized spacial score (nSPS) is 11.7. The third-order valence-electron chi connectivity index (χ3n) is 3.82. The molecule has 24 heavy (non-hydrogen) atoms. The molecule has 0 bridgehead atoms. The zero-order valence-corrected chi connectivity index (χ0v) is 13.3. The Hall–Kier alpha value is -3.07. The average molecular weight is 318 g/mol. The fourth-order valence-corrected chi connectivity index (χ4v) is 2.50. The van der Waals surface area contributed by atoms with Crippen LogP contribution >= 0.6 is 0 Å². The zero-order valence-electron chi connectivity index (χ0n) is 13.3. The van der Waals surface area contributed by atoms with E-state index in [9.17, 15) is 9.90 Å². The topological polar surface area (TPSA) is 46.5 Å². The monoisotopic (exact) mass is 318 g/mol. The molecule has 1 N–H and O–H groups in total. The van der Waals surface area contributed by atoms with Crippen molar-refractivity contribution in [3.63, 3.8) is 0 Å².